The summed E-state index contributed by atoms with van der Waals surface area (Å²) in [6, 6.07) is 12.5. The number of nitrogens with zero attached hydrogens (tertiary/aromatic N) is 2. The van der Waals surface area contributed by atoms with Gasteiger partial charge in [0.1, 0.15) is 5.75 Å². The van der Waals surface area contributed by atoms with Crippen LogP contribution in [0, 0.1) is 0 Å². The maximum absolute atomic E-state index is 13.1. The Morgan fingerprint density at radius 3 is 2.45 bits per heavy atom. The van der Waals surface area contributed by atoms with Crippen molar-refractivity contribution in [1.29, 1.82) is 0 Å². The quantitative estimate of drug-likeness (QED) is 0.655. The fourth-order valence-electron chi connectivity index (χ4n) is 3.77. The molecule has 1 unspecified atom stereocenters. The molecule has 0 bridgehead atoms. The molecule has 4 rings (SSSR count). The van der Waals surface area contributed by atoms with Gasteiger partial charge in [-0.2, -0.15) is 4.31 Å². The Balaban J connectivity index is 1.34. The molecule has 1 atom stereocenters. The molecule has 1 fully saturated rings. The maximum atomic E-state index is 13.1. The van der Waals surface area contributed by atoms with Crippen molar-refractivity contribution in [2.45, 2.75) is 11.7 Å². The first kappa shape index (κ1) is 22.1. The van der Waals surface area contributed by atoms with Gasteiger partial charge in [-0.25, -0.2) is 8.42 Å². The highest BCUT2D eigenvalue weighted by molar-refractivity contribution is 7.90. The molecular weight excluding hydrogens is 459 g/mol. The van der Waals surface area contributed by atoms with Crippen LogP contribution in [0.4, 0.5) is 0 Å². The fraction of sp³-hybridized carbons (Fsp3) is 0.318. The Labute approximate surface area is 191 Å². The van der Waals surface area contributed by atoms with E-state index in [-0.39, 0.29) is 25.6 Å². The lowest BCUT2D eigenvalue weighted by atomic mass is 10.1. The van der Waals surface area contributed by atoms with Crippen LogP contribution in [-0.4, -0.2) is 61.6 Å². The van der Waals surface area contributed by atoms with Gasteiger partial charge in [-0.05, 0) is 35.1 Å². The largest absolute Gasteiger partial charge is 0.482 e. The molecule has 6 nitrogen and oxygen atoms in total. The fourth-order valence-corrected chi connectivity index (χ4v) is 5.95. The van der Waals surface area contributed by atoms with Gasteiger partial charge < -0.3 is 9.64 Å². The number of sulfonamides is 1. The van der Waals surface area contributed by atoms with Crippen LogP contribution < -0.4 is 15.2 Å². The summed E-state index contributed by atoms with van der Waals surface area (Å²) in [5.74, 6) is 0.166. The molecule has 1 heterocycles. The van der Waals surface area contributed by atoms with Gasteiger partial charge in [-0.15, -0.1) is 0 Å². The number of benzene rings is 2. The number of hydrogen-bond donors (Lipinski definition) is 0. The average molecular weight is 481 g/mol. The van der Waals surface area contributed by atoms with Gasteiger partial charge in [-0.3, -0.25) is 4.79 Å². The van der Waals surface area contributed by atoms with Crippen molar-refractivity contribution in [3.63, 3.8) is 0 Å². The van der Waals surface area contributed by atoms with Crippen molar-refractivity contribution in [2.24, 2.45) is 0 Å². The van der Waals surface area contributed by atoms with Gasteiger partial charge >= 0.3 is 0 Å². The highest BCUT2D eigenvalue weighted by Gasteiger charge is 2.34. The maximum Gasteiger partial charge on any atom is 0.260 e. The number of piperazine rings is 1. The van der Waals surface area contributed by atoms with E-state index in [4.69, 9.17) is 27.9 Å². The summed E-state index contributed by atoms with van der Waals surface area (Å²) in [5.41, 5.74) is 0. The second kappa shape index (κ2) is 9.20. The summed E-state index contributed by atoms with van der Waals surface area (Å²) in [4.78, 5) is 14.1. The zero-order chi connectivity index (χ0) is 22.0. The number of ether oxygens (including phenoxy) is 1. The van der Waals surface area contributed by atoms with E-state index in [1.165, 1.54) is 4.31 Å². The summed E-state index contributed by atoms with van der Waals surface area (Å²) in [6.45, 7) is 1.01. The second-order valence-corrected chi connectivity index (χ2v) is 10.5. The molecule has 9 heteroatoms. The summed E-state index contributed by atoms with van der Waals surface area (Å²) < 4.78 is 33.2. The Kier molecular flexibility index (Phi) is 6.57. The summed E-state index contributed by atoms with van der Waals surface area (Å²) in [5, 5.41) is 2.23. The number of fused-ring (bicyclic) bond motifs is 1. The van der Waals surface area contributed by atoms with Gasteiger partial charge in [0.05, 0.1) is 10.3 Å². The molecule has 0 saturated carbocycles. The molecule has 2 aromatic carbocycles. The van der Waals surface area contributed by atoms with Crippen molar-refractivity contribution >= 4 is 51.3 Å². The van der Waals surface area contributed by atoms with Crippen molar-refractivity contribution in [2.75, 3.05) is 32.8 Å². The van der Waals surface area contributed by atoms with E-state index in [1.54, 1.807) is 23.1 Å². The van der Waals surface area contributed by atoms with Gasteiger partial charge in [-0.1, -0.05) is 59.6 Å². The number of amides is 1. The summed E-state index contributed by atoms with van der Waals surface area (Å²) >= 11 is 11.9. The molecule has 1 aliphatic carbocycles. The van der Waals surface area contributed by atoms with Gasteiger partial charge in [0.2, 0.25) is 10.0 Å². The van der Waals surface area contributed by atoms with Crippen LogP contribution in [0.2, 0.25) is 10.0 Å². The van der Waals surface area contributed by atoms with Crippen LogP contribution in [0.1, 0.15) is 6.42 Å². The lowest BCUT2D eigenvalue weighted by Crippen LogP contribution is -2.53. The third kappa shape index (κ3) is 4.90. The second-order valence-electron chi connectivity index (χ2n) is 7.46. The minimum absolute atomic E-state index is 0.170. The SMILES string of the molecule is O=C(COc1ccc(Cl)cc1Cl)N1CCN(S(=O)(=O)C2C=c3ccccc3=CC2)CC1. The zero-order valence-corrected chi connectivity index (χ0v) is 19.0. The van der Waals surface area contributed by atoms with Gasteiger partial charge in [0.25, 0.3) is 5.91 Å². The molecule has 164 valence electrons. The number of carbonyl (C=O) groups excluding carboxylic acids is 1. The van der Waals surface area contributed by atoms with Crippen LogP contribution in [0.5, 0.6) is 5.75 Å². The van der Waals surface area contributed by atoms with Crippen LogP contribution in [0.15, 0.2) is 42.5 Å². The lowest BCUT2D eigenvalue weighted by molar-refractivity contribution is -0.134. The minimum atomic E-state index is -3.49. The lowest BCUT2D eigenvalue weighted by Gasteiger charge is -2.35. The molecule has 1 aliphatic heterocycles. The first-order chi connectivity index (χ1) is 14.8. The Hall–Kier alpha value is -2.06. The third-order valence-electron chi connectivity index (χ3n) is 5.51. The molecule has 1 saturated heterocycles. The van der Waals surface area contributed by atoms with Gasteiger partial charge in [0.15, 0.2) is 6.61 Å². The molecule has 0 N–H and O–H groups in total. The van der Waals surface area contributed by atoms with Crippen LogP contribution in [0.3, 0.4) is 0 Å². The Morgan fingerprint density at radius 2 is 1.74 bits per heavy atom. The smallest absolute Gasteiger partial charge is 0.260 e. The number of rotatable bonds is 5. The van der Waals surface area contributed by atoms with Crippen molar-refractivity contribution in [3.8, 4) is 5.75 Å². The number of halogens is 2. The van der Waals surface area contributed by atoms with Crippen LogP contribution >= 0.6 is 23.2 Å². The van der Waals surface area contributed by atoms with Gasteiger partial charge in [0, 0.05) is 31.2 Å². The van der Waals surface area contributed by atoms with Crippen molar-refractivity contribution in [1.82, 2.24) is 9.21 Å². The molecule has 1 amide bonds. The zero-order valence-electron chi connectivity index (χ0n) is 16.7. The van der Waals surface area contributed by atoms with E-state index in [0.29, 0.717) is 35.3 Å². The third-order valence-corrected chi connectivity index (χ3v) is 8.22. The molecule has 0 spiro atoms. The number of hydrogen-bond acceptors (Lipinski definition) is 4. The molecule has 2 aliphatic rings. The van der Waals surface area contributed by atoms with Crippen molar-refractivity contribution < 1.29 is 17.9 Å². The molecule has 2 aromatic rings. The van der Waals surface area contributed by atoms with E-state index >= 15 is 0 Å². The number of carbonyl (C=O) groups is 1. The van der Waals surface area contributed by atoms with E-state index in [1.807, 2.05) is 36.4 Å². The normalized spacial score (nSPS) is 19.2. The minimum Gasteiger partial charge on any atom is -0.482 e. The van der Waals surface area contributed by atoms with E-state index in [9.17, 15) is 13.2 Å². The van der Waals surface area contributed by atoms with E-state index in [0.717, 1.165) is 10.4 Å². The molecular formula is C22H22Cl2N2O4S. The summed E-state index contributed by atoms with van der Waals surface area (Å²) in [7, 11) is -3.49. The van der Waals surface area contributed by atoms with E-state index < -0.39 is 15.3 Å². The Morgan fingerprint density at radius 1 is 1.03 bits per heavy atom. The highest BCUT2D eigenvalue weighted by Crippen LogP contribution is 2.27. The highest BCUT2D eigenvalue weighted by atomic mass is 35.5. The average Bonchev–Trinajstić information content (AvgIpc) is 2.78. The topological polar surface area (TPSA) is 66.9 Å². The standard InChI is InChI=1S/C22H22Cl2N2O4S/c23-18-6-8-21(20(24)14-18)30-15-22(27)25-9-11-26(12-10-25)31(28,29)19-7-5-16-3-1-2-4-17(16)13-19/h1-6,8,13-14,19H,7,9-12,15H2. The predicted molar refractivity (Wildman–Crippen MR) is 122 cm³/mol. The molecule has 31 heavy (non-hydrogen) atoms. The monoisotopic (exact) mass is 480 g/mol. The Bertz CT molecular complexity index is 1210. The van der Waals surface area contributed by atoms with E-state index in [2.05, 4.69) is 0 Å². The first-order valence-corrected chi connectivity index (χ1v) is 12.2. The summed E-state index contributed by atoms with van der Waals surface area (Å²) in [6.07, 6.45) is 4.25. The molecule has 0 aromatic heterocycles. The van der Waals surface area contributed by atoms with Crippen molar-refractivity contribution in [3.05, 3.63) is 62.9 Å². The van der Waals surface area contributed by atoms with Crippen LogP contribution in [-0.2, 0) is 14.8 Å². The molecule has 0 radical (unpaired) electrons. The predicted octanol–water partition coefficient (Wildman–Crippen LogP) is 1.88. The first-order valence-electron chi connectivity index (χ1n) is 9.96. The van der Waals surface area contributed by atoms with Crippen LogP contribution in [0.25, 0.3) is 12.2 Å².